The fourth-order valence-electron chi connectivity index (χ4n) is 1.01. The van der Waals surface area contributed by atoms with E-state index in [4.69, 9.17) is 18.0 Å². The van der Waals surface area contributed by atoms with Gasteiger partial charge in [0.05, 0.1) is 4.99 Å². The summed E-state index contributed by atoms with van der Waals surface area (Å²) in [6.45, 7) is 9.60. The van der Waals surface area contributed by atoms with Gasteiger partial charge in [0.1, 0.15) is 0 Å². The van der Waals surface area contributed by atoms with Gasteiger partial charge in [-0.1, -0.05) is 26.1 Å². The molecule has 0 aromatic carbocycles. The summed E-state index contributed by atoms with van der Waals surface area (Å²) in [5.74, 6) is 0. The van der Waals surface area contributed by atoms with Gasteiger partial charge in [-0.3, -0.25) is 0 Å². The van der Waals surface area contributed by atoms with Gasteiger partial charge in [0, 0.05) is 25.0 Å². The second-order valence-corrected chi connectivity index (χ2v) is 4.52. The van der Waals surface area contributed by atoms with Crippen molar-refractivity contribution >= 4 is 23.2 Å². The highest BCUT2D eigenvalue weighted by Gasteiger charge is 2.22. The Labute approximate surface area is 97.2 Å². The van der Waals surface area contributed by atoms with Gasteiger partial charge in [-0.25, -0.2) is 4.79 Å². The van der Waals surface area contributed by atoms with Crippen molar-refractivity contribution in [1.29, 1.82) is 0 Å². The number of thiocarbonyl (C=S) groups is 1. The number of nitrogens with zero attached hydrogens (tertiary/aromatic N) is 1. The van der Waals surface area contributed by atoms with Gasteiger partial charge in [-0.05, 0) is 13.8 Å². The Morgan fingerprint density at radius 2 is 1.87 bits per heavy atom. The van der Waals surface area contributed by atoms with Crippen molar-refractivity contribution in [2.75, 3.05) is 19.6 Å². The van der Waals surface area contributed by atoms with Crippen molar-refractivity contribution in [2.45, 2.75) is 27.7 Å². The van der Waals surface area contributed by atoms with Crippen LogP contribution in [-0.2, 0) is 0 Å². The lowest BCUT2D eigenvalue weighted by atomic mass is 9.94. The molecule has 0 radical (unpaired) electrons. The third kappa shape index (κ3) is 4.46. The van der Waals surface area contributed by atoms with Crippen LogP contribution in [0.15, 0.2) is 0 Å². The lowest BCUT2D eigenvalue weighted by Gasteiger charge is -2.26. The standard InChI is InChI=1S/C10H21N3OS/c1-5-13(6-2)9(14)12-7-10(3,4)8(11)15/h5-7H2,1-4H3,(H2,11,15)(H,12,14). The number of amides is 2. The third-order valence-electron chi connectivity index (χ3n) is 2.40. The van der Waals surface area contributed by atoms with Crippen LogP contribution in [0.3, 0.4) is 0 Å². The van der Waals surface area contributed by atoms with E-state index in [0.29, 0.717) is 24.6 Å². The minimum absolute atomic E-state index is 0.0654. The van der Waals surface area contributed by atoms with Gasteiger partial charge >= 0.3 is 6.03 Å². The normalized spacial score (nSPS) is 10.9. The minimum atomic E-state index is -0.335. The van der Waals surface area contributed by atoms with E-state index in [1.807, 2.05) is 27.7 Å². The van der Waals surface area contributed by atoms with E-state index in [-0.39, 0.29) is 11.4 Å². The van der Waals surface area contributed by atoms with Crippen molar-refractivity contribution in [1.82, 2.24) is 10.2 Å². The molecule has 0 heterocycles. The van der Waals surface area contributed by atoms with Crippen LogP contribution >= 0.6 is 12.2 Å². The minimum Gasteiger partial charge on any atom is -0.393 e. The molecule has 5 heteroatoms. The van der Waals surface area contributed by atoms with Crippen molar-refractivity contribution in [3.63, 3.8) is 0 Å². The van der Waals surface area contributed by atoms with Crippen molar-refractivity contribution < 1.29 is 4.79 Å². The lowest BCUT2D eigenvalue weighted by molar-refractivity contribution is 0.200. The SMILES string of the molecule is CCN(CC)C(=O)NCC(C)(C)C(N)=S. The number of nitrogens with two attached hydrogens (primary N) is 1. The van der Waals surface area contributed by atoms with Gasteiger partial charge in [0.15, 0.2) is 0 Å². The number of hydrogen-bond acceptors (Lipinski definition) is 2. The molecule has 0 atom stereocenters. The maximum atomic E-state index is 11.6. The highest BCUT2D eigenvalue weighted by atomic mass is 32.1. The number of carbonyl (C=O) groups is 1. The van der Waals surface area contributed by atoms with Crippen LogP contribution in [-0.4, -0.2) is 35.6 Å². The van der Waals surface area contributed by atoms with Gasteiger partial charge in [0.25, 0.3) is 0 Å². The molecule has 0 unspecified atom stereocenters. The van der Waals surface area contributed by atoms with Crippen LogP contribution in [0, 0.1) is 5.41 Å². The molecule has 2 amide bonds. The topological polar surface area (TPSA) is 58.4 Å². The van der Waals surface area contributed by atoms with E-state index < -0.39 is 0 Å². The van der Waals surface area contributed by atoms with Crippen LogP contribution in [0.2, 0.25) is 0 Å². The van der Waals surface area contributed by atoms with E-state index in [1.165, 1.54) is 0 Å². The summed E-state index contributed by atoms with van der Waals surface area (Å²) in [5, 5.41) is 2.83. The van der Waals surface area contributed by atoms with Crippen molar-refractivity contribution in [3.05, 3.63) is 0 Å². The molecule has 0 spiro atoms. The molecule has 0 bridgehead atoms. The Hall–Kier alpha value is -0.840. The van der Waals surface area contributed by atoms with Gasteiger partial charge in [-0.2, -0.15) is 0 Å². The molecule has 0 saturated heterocycles. The van der Waals surface area contributed by atoms with E-state index in [0.717, 1.165) is 0 Å². The largest absolute Gasteiger partial charge is 0.393 e. The molecule has 0 aromatic rings. The van der Waals surface area contributed by atoms with Gasteiger partial charge in [-0.15, -0.1) is 0 Å². The zero-order valence-electron chi connectivity index (χ0n) is 9.96. The highest BCUT2D eigenvalue weighted by molar-refractivity contribution is 7.80. The van der Waals surface area contributed by atoms with Crippen LogP contribution in [0.1, 0.15) is 27.7 Å². The summed E-state index contributed by atoms with van der Waals surface area (Å²) in [7, 11) is 0. The molecule has 15 heavy (non-hydrogen) atoms. The second-order valence-electron chi connectivity index (χ2n) is 4.08. The number of hydrogen-bond donors (Lipinski definition) is 2. The Bertz CT molecular complexity index is 237. The number of rotatable bonds is 5. The molecule has 0 saturated carbocycles. The zero-order valence-corrected chi connectivity index (χ0v) is 10.8. The Kier molecular flexibility index (Phi) is 5.57. The number of nitrogens with one attached hydrogen (secondary N) is 1. The van der Waals surface area contributed by atoms with E-state index >= 15 is 0 Å². The highest BCUT2D eigenvalue weighted by Crippen LogP contribution is 2.13. The first kappa shape index (κ1) is 14.2. The third-order valence-corrected chi connectivity index (χ3v) is 2.95. The molecule has 0 fully saturated rings. The molecular formula is C10H21N3OS. The summed E-state index contributed by atoms with van der Waals surface area (Å²) in [5.41, 5.74) is 5.23. The van der Waals surface area contributed by atoms with Gasteiger partial charge in [0.2, 0.25) is 0 Å². The van der Waals surface area contributed by atoms with Crippen LogP contribution in [0.25, 0.3) is 0 Å². The summed E-state index contributed by atoms with van der Waals surface area (Å²) in [6, 6.07) is -0.0654. The predicted octanol–water partition coefficient (Wildman–Crippen LogP) is 1.35. The summed E-state index contributed by atoms with van der Waals surface area (Å²) in [6.07, 6.45) is 0. The number of urea groups is 1. The predicted molar refractivity (Wildman–Crippen MR) is 66.9 cm³/mol. The molecule has 4 nitrogen and oxygen atoms in total. The molecule has 0 aliphatic carbocycles. The number of carbonyl (C=O) groups excluding carboxylic acids is 1. The lowest BCUT2D eigenvalue weighted by Crippen LogP contribution is -2.46. The zero-order chi connectivity index (χ0) is 12.1. The molecule has 0 rings (SSSR count). The van der Waals surface area contributed by atoms with Crippen molar-refractivity contribution in [3.8, 4) is 0 Å². The summed E-state index contributed by atoms with van der Waals surface area (Å²) >= 11 is 4.92. The van der Waals surface area contributed by atoms with Crippen LogP contribution < -0.4 is 11.1 Å². The van der Waals surface area contributed by atoms with Crippen LogP contribution in [0.4, 0.5) is 4.79 Å². The Balaban J connectivity index is 4.16. The molecular weight excluding hydrogens is 210 g/mol. The van der Waals surface area contributed by atoms with Crippen LogP contribution in [0.5, 0.6) is 0 Å². The average molecular weight is 231 g/mol. The maximum Gasteiger partial charge on any atom is 0.317 e. The fourth-order valence-corrected chi connectivity index (χ4v) is 1.08. The average Bonchev–Trinajstić information content (AvgIpc) is 2.16. The summed E-state index contributed by atoms with van der Waals surface area (Å²) < 4.78 is 0. The quantitative estimate of drug-likeness (QED) is 0.702. The van der Waals surface area contributed by atoms with E-state index in [9.17, 15) is 4.79 Å². The fraction of sp³-hybridized carbons (Fsp3) is 0.800. The Morgan fingerprint density at radius 3 is 2.20 bits per heavy atom. The van der Waals surface area contributed by atoms with Gasteiger partial charge < -0.3 is 16.0 Å². The first-order chi connectivity index (χ1) is 6.85. The first-order valence-corrected chi connectivity index (χ1v) is 5.58. The molecule has 0 aliphatic heterocycles. The second kappa shape index (κ2) is 5.90. The molecule has 3 N–H and O–H groups in total. The smallest absolute Gasteiger partial charge is 0.317 e. The van der Waals surface area contributed by atoms with E-state index in [2.05, 4.69) is 5.32 Å². The molecule has 88 valence electrons. The summed E-state index contributed by atoms with van der Waals surface area (Å²) in [4.78, 5) is 13.7. The molecule has 0 aliphatic rings. The first-order valence-electron chi connectivity index (χ1n) is 5.17. The van der Waals surface area contributed by atoms with E-state index in [1.54, 1.807) is 4.90 Å². The monoisotopic (exact) mass is 231 g/mol. The van der Waals surface area contributed by atoms with Crippen molar-refractivity contribution in [2.24, 2.45) is 11.1 Å². The Morgan fingerprint density at radius 1 is 1.40 bits per heavy atom. The molecule has 0 aromatic heterocycles. The maximum absolute atomic E-state index is 11.6.